The van der Waals surface area contributed by atoms with Gasteiger partial charge in [-0.05, 0) is 66.0 Å². The maximum atomic E-state index is 12.6. The smallest absolute Gasteiger partial charge is 0.347 e. The Balaban J connectivity index is 1.26. The number of aromatic amines is 2. The van der Waals surface area contributed by atoms with E-state index in [4.69, 9.17) is 11.6 Å². The van der Waals surface area contributed by atoms with Gasteiger partial charge in [-0.3, -0.25) is 4.79 Å². The lowest BCUT2D eigenvalue weighted by molar-refractivity contribution is -0.131. The molecular formula is C25H24ClN5O2. The van der Waals surface area contributed by atoms with Crippen molar-refractivity contribution < 1.29 is 4.79 Å². The zero-order chi connectivity index (χ0) is 22.5. The van der Waals surface area contributed by atoms with Gasteiger partial charge < -0.3 is 9.88 Å². The maximum absolute atomic E-state index is 12.6. The predicted molar refractivity (Wildman–Crippen MR) is 128 cm³/mol. The van der Waals surface area contributed by atoms with Crippen LogP contribution in [0.15, 0.2) is 53.5 Å². The van der Waals surface area contributed by atoms with Crippen molar-refractivity contribution in [3.8, 4) is 16.8 Å². The molecule has 1 unspecified atom stereocenters. The molecule has 0 bridgehead atoms. The van der Waals surface area contributed by atoms with E-state index in [-0.39, 0.29) is 23.4 Å². The second kappa shape index (κ2) is 7.92. The second-order valence-electron chi connectivity index (χ2n) is 9.14. The van der Waals surface area contributed by atoms with Gasteiger partial charge in [-0.25, -0.2) is 14.5 Å². The van der Waals surface area contributed by atoms with Gasteiger partial charge in [0.15, 0.2) is 0 Å². The number of carbonyl (C=O) groups excluding carboxylic acids is 1. The molecule has 168 valence electrons. The monoisotopic (exact) mass is 461 g/mol. The highest BCUT2D eigenvalue weighted by molar-refractivity contribution is 6.32. The molecular weight excluding hydrogens is 438 g/mol. The standard InChI is InChI=1S/C25H24ClN5O2/c26-20-12-18(19-4-1-16-7-9-27-21(16)13-19)5-6-22(20)31-23(28-29-25(31)33)11-15-8-10-30(14-15)24(32)17-2-3-17/h1,4-7,9,12-13,15,17,27H,2-3,8,10-11,14H2,(H,29,33). The van der Waals surface area contributed by atoms with Crippen LogP contribution < -0.4 is 5.69 Å². The second-order valence-corrected chi connectivity index (χ2v) is 9.55. The van der Waals surface area contributed by atoms with Crippen LogP contribution in [0.1, 0.15) is 25.1 Å². The van der Waals surface area contributed by atoms with Crippen LogP contribution in [0, 0.1) is 11.8 Å². The van der Waals surface area contributed by atoms with Crippen LogP contribution in [0.4, 0.5) is 0 Å². The van der Waals surface area contributed by atoms with Crippen LogP contribution in [-0.2, 0) is 11.2 Å². The van der Waals surface area contributed by atoms with Crippen LogP contribution in [0.3, 0.4) is 0 Å². The van der Waals surface area contributed by atoms with Gasteiger partial charge in [0, 0.05) is 37.1 Å². The summed E-state index contributed by atoms with van der Waals surface area (Å²) in [5.74, 6) is 1.45. The highest BCUT2D eigenvalue weighted by atomic mass is 35.5. The summed E-state index contributed by atoms with van der Waals surface area (Å²) in [7, 11) is 0. The Morgan fingerprint density at radius 2 is 1.91 bits per heavy atom. The Bertz CT molecular complexity index is 1410. The molecule has 4 aromatic rings. The molecule has 7 nitrogen and oxygen atoms in total. The molecule has 2 aliphatic rings. The number of halogens is 1. The number of hydrogen-bond donors (Lipinski definition) is 2. The van der Waals surface area contributed by atoms with E-state index in [2.05, 4.69) is 33.4 Å². The van der Waals surface area contributed by atoms with Crippen LogP contribution in [0.25, 0.3) is 27.7 Å². The fourth-order valence-electron chi connectivity index (χ4n) is 4.86. The van der Waals surface area contributed by atoms with Gasteiger partial charge in [0.1, 0.15) is 5.82 Å². The Kier molecular flexibility index (Phi) is 4.87. The largest absolute Gasteiger partial charge is 0.361 e. The third-order valence-corrected chi connectivity index (χ3v) is 7.12. The quantitative estimate of drug-likeness (QED) is 0.467. The number of nitrogens with zero attached hydrogens (tertiary/aromatic N) is 3. The van der Waals surface area contributed by atoms with Crippen molar-refractivity contribution in [2.24, 2.45) is 11.8 Å². The van der Waals surface area contributed by atoms with E-state index in [0.29, 0.717) is 23.0 Å². The first-order valence-corrected chi connectivity index (χ1v) is 11.8. The van der Waals surface area contributed by atoms with Crippen LogP contribution >= 0.6 is 11.6 Å². The van der Waals surface area contributed by atoms with Crippen LogP contribution in [-0.4, -0.2) is 43.6 Å². The minimum Gasteiger partial charge on any atom is -0.361 e. The molecule has 2 fully saturated rings. The van der Waals surface area contributed by atoms with Crippen molar-refractivity contribution in [3.63, 3.8) is 0 Å². The van der Waals surface area contributed by atoms with Crippen molar-refractivity contribution in [3.05, 3.63) is 70.0 Å². The molecule has 1 saturated carbocycles. The van der Waals surface area contributed by atoms with E-state index in [1.54, 1.807) is 4.57 Å². The fraction of sp³-hybridized carbons (Fsp3) is 0.320. The zero-order valence-electron chi connectivity index (χ0n) is 18.1. The summed E-state index contributed by atoms with van der Waals surface area (Å²) in [6.07, 6.45) is 5.50. The molecule has 1 saturated heterocycles. The molecule has 2 aromatic heterocycles. The number of carbonyl (C=O) groups is 1. The summed E-state index contributed by atoms with van der Waals surface area (Å²) in [5, 5.41) is 8.50. The minimum absolute atomic E-state index is 0.238. The van der Waals surface area contributed by atoms with E-state index in [9.17, 15) is 9.59 Å². The number of fused-ring (bicyclic) bond motifs is 1. The summed E-state index contributed by atoms with van der Waals surface area (Å²) in [5.41, 5.74) is 3.38. The Morgan fingerprint density at radius 1 is 1.09 bits per heavy atom. The first-order chi connectivity index (χ1) is 16.1. The lowest BCUT2D eigenvalue weighted by atomic mass is 10.0. The highest BCUT2D eigenvalue weighted by Crippen LogP contribution is 2.34. The van der Waals surface area contributed by atoms with E-state index < -0.39 is 0 Å². The third kappa shape index (κ3) is 3.76. The number of aromatic nitrogens is 4. The summed E-state index contributed by atoms with van der Waals surface area (Å²) >= 11 is 6.67. The molecule has 33 heavy (non-hydrogen) atoms. The lowest BCUT2D eigenvalue weighted by Crippen LogP contribution is -2.30. The summed E-state index contributed by atoms with van der Waals surface area (Å²) in [6.45, 7) is 1.51. The van der Waals surface area contributed by atoms with Crippen molar-refractivity contribution in [2.45, 2.75) is 25.7 Å². The van der Waals surface area contributed by atoms with Crippen LogP contribution in [0.2, 0.25) is 5.02 Å². The topological polar surface area (TPSA) is 86.8 Å². The van der Waals surface area contributed by atoms with E-state index in [1.165, 1.54) is 0 Å². The number of amides is 1. The van der Waals surface area contributed by atoms with Gasteiger partial charge in [-0.1, -0.05) is 29.8 Å². The minimum atomic E-state index is -0.309. The molecule has 8 heteroatoms. The van der Waals surface area contributed by atoms with Gasteiger partial charge in [-0.15, -0.1) is 0 Å². The molecule has 0 radical (unpaired) electrons. The number of hydrogen-bond acceptors (Lipinski definition) is 3. The molecule has 6 rings (SSSR count). The van der Waals surface area contributed by atoms with Gasteiger partial charge >= 0.3 is 5.69 Å². The first kappa shape index (κ1) is 20.3. The third-order valence-electron chi connectivity index (χ3n) is 6.81. The van der Waals surface area contributed by atoms with Crippen LogP contribution in [0.5, 0.6) is 0 Å². The number of rotatable bonds is 5. The lowest BCUT2D eigenvalue weighted by Gasteiger charge is -2.16. The van der Waals surface area contributed by atoms with Crippen molar-refractivity contribution >= 4 is 28.4 Å². The Hall–Kier alpha value is -3.32. The van der Waals surface area contributed by atoms with Crippen molar-refractivity contribution in [2.75, 3.05) is 13.1 Å². The summed E-state index contributed by atoms with van der Waals surface area (Å²) < 4.78 is 1.56. The summed E-state index contributed by atoms with van der Waals surface area (Å²) in [4.78, 5) is 30.2. The fourth-order valence-corrected chi connectivity index (χ4v) is 5.12. The molecule has 1 aliphatic heterocycles. The van der Waals surface area contributed by atoms with Crippen molar-refractivity contribution in [1.29, 1.82) is 0 Å². The molecule has 1 aliphatic carbocycles. The molecule has 1 amide bonds. The Morgan fingerprint density at radius 3 is 2.73 bits per heavy atom. The zero-order valence-corrected chi connectivity index (χ0v) is 18.8. The average molecular weight is 462 g/mol. The van der Waals surface area contributed by atoms with Gasteiger partial charge in [-0.2, -0.15) is 5.10 Å². The van der Waals surface area contributed by atoms with E-state index >= 15 is 0 Å². The molecule has 1 atom stereocenters. The molecule has 2 aromatic carbocycles. The summed E-state index contributed by atoms with van der Waals surface area (Å²) in [6, 6.07) is 14.0. The molecule has 0 spiro atoms. The van der Waals surface area contributed by atoms with E-state index in [1.807, 2.05) is 35.4 Å². The van der Waals surface area contributed by atoms with E-state index in [0.717, 1.165) is 54.4 Å². The van der Waals surface area contributed by atoms with Gasteiger partial charge in [0.25, 0.3) is 0 Å². The average Bonchev–Trinajstić information content (AvgIpc) is 3.21. The molecule has 2 N–H and O–H groups in total. The normalized spacial score (nSPS) is 18.3. The maximum Gasteiger partial charge on any atom is 0.347 e. The van der Waals surface area contributed by atoms with Crippen molar-refractivity contribution in [1.82, 2.24) is 24.6 Å². The highest BCUT2D eigenvalue weighted by Gasteiger charge is 2.37. The Labute approximate surface area is 195 Å². The first-order valence-electron chi connectivity index (χ1n) is 11.4. The number of nitrogens with one attached hydrogen (secondary N) is 2. The number of likely N-dealkylation sites (tertiary alicyclic amines) is 1. The molecule has 3 heterocycles. The number of benzene rings is 2. The van der Waals surface area contributed by atoms with Gasteiger partial charge in [0.05, 0.1) is 10.7 Å². The SMILES string of the molecule is O=C(C1CC1)N1CCC(Cc2n[nH]c(=O)n2-c2ccc(-c3ccc4cc[nH]c4c3)cc2Cl)C1. The number of H-pyrrole nitrogens is 2. The predicted octanol–water partition coefficient (Wildman–Crippen LogP) is 4.16. The van der Waals surface area contributed by atoms with Gasteiger partial charge in [0.2, 0.25) is 5.91 Å².